The monoisotopic (exact) mass is 363 g/mol. The molecule has 0 fully saturated rings. The fourth-order valence-corrected chi connectivity index (χ4v) is 3.77. The van der Waals surface area contributed by atoms with Gasteiger partial charge in [-0.2, -0.15) is 5.10 Å². The van der Waals surface area contributed by atoms with Crippen molar-refractivity contribution in [3.63, 3.8) is 0 Å². The smallest absolute Gasteiger partial charge is 0.350 e. The summed E-state index contributed by atoms with van der Waals surface area (Å²) in [5.74, 6) is -0.795. The van der Waals surface area contributed by atoms with Gasteiger partial charge in [0.05, 0.1) is 12.8 Å². The second kappa shape index (κ2) is 6.57. The molecule has 0 atom stereocenters. The Kier molecular flexibility index (Phi) is 4.61. The number of H-pyrrole nitrogens is 1. The number of carbonyl (C=O) groups excluding carboxylic acids is 2. The van der Waals surface area contributed by atoms with Gasteiger partial charge in [0.15, 0.2) is 10.8 Å². The van der Waals surface area contributed by atoms with Crippen LogP contribution in [-0.2, 0) is 23.1 Å². The molecule has 1 aliphatic heterocycles. The van der Waals surface area contributed by atoms with E-state index >= 15 is 0 Å². The predicted molar refractivity (Wildman–Crippen MR) is 94.1 cm³/mol. The number of fused-ring (bicyclic) bond motifs is 1. The maximum absolute atomic E-state index is 12.6. The third-order valence-corrected chi connectivity index (χ3v) is 4.90. The van der Waals surface area contributed by atoms with Crippen LogP contribution in [0.3, 0.4) is 0 Å². The topological polar surface area (TPSA) is 109 Å². The van der Waals surface area contributed by atoms with Gasteiger partial charge in [0.1, 0.15) is 4.88 Å². The highest BCUT2D eigenvalue weighted by molar-refractivity contribution is 7.17. The Morgan fingerprint density at radius 2 is 2.08 bits per heavy atom. The minimum absolute atomic E-state index is 0.341. The summed E-state index contributed by atoms with van der Waals surface area (Å²) in [7, 11) is 1.33. The summed E-state index contributed by atoms with van der Waals surface area (Å²) < 4.78 is 4.83. The summed E-state index contributed by atoms with van der Waals surface area (Å²) >= 11 is 1.11. The van der Waals surface area contributed by atoms with Crippen LogP contribution in [0, 0.1) is 0 Å². The molecule has 0 saturated heterocycles. The number of nitrogens with zero attached hydrogens (tertiary/aromatic N) is 2. The van der Waals surface area contributed by atoms with E-state index in [1.165, 1.54) is 7.11 Å². The molecule has 0 radical (unpaired) electrons. The highest BCUT2D eigenvalue weighted by Gasteiger charge is 2.29. The number of hydrogen-bond acceptors (Lipinski definition) is 7. The van der Waals surface area contributed by atoms with Gasteiger partial charge < -0.3 is 10.1 Å². The summed E-state index contributed by atoms with van der Waals surface area (Å²) in [5.41, 5.74) is 2.47. The Morgan fingerprint density at radius 3 is 2.76 bits per heavy atom. The first-order chi connectivity index (χ1) is 11.8. The van der Waals surface area contributed by atoms with Crippen LogP contribution in [0.5, 0.6) is 0 Å². The maximum atomic E-state index is 12.6. The summed E-state index contributed by atoms with van der Waals surface area (Å²) in [6.07, 6.45) is 0.813. The molecule has 134 valence electrons. The predicted octanol–water partition coefficient (Wildman–Crippen LogP) is 1.85. The quantitative estimate of drug-likeness (QED) is 0.718. The molecule has 3 N–H and O–H groups in total. The second-order valence-corrected chi connectivity index (χ2v) is 7.85. The van der Waals surface area contributed by atoms with Crippen molar-refractivity contribution in [2.45, 2.75) is 39.2 Å². The van der Waals surface area contributed by atoms with E-state index in [9.17, 15) is 9.59 Å². The number of anilines is 1. The minimum atomic E-state index is -0.454. The van der Waals surface area contributed by atoms with Crippen molar-refractivity contribution in [1.29, 1.82) is 0 Å². The fraction of sp³-hybridized carbons (Fsp3) is 0.500. The van der Waals surface area contributed by atoms with Crippen LogP contribution in [0.15, 0.2) is 0 Å². The molecule has 9 heteroatoms. The van der Waals surface area contributed by atoms with Crippen molar-refractivity contribution in [2.24, 2.45) is 0 Å². The zero-order chi connectivity index (χ0) is 18.2. The molecule has 3 rings (SSSR count). The Hall–Kier alpha value is -2.26. The highest BCUT2D eigenvalue weighted by Crippen LogP contribution is 2.33. The van der Waals surface area contributed by atoms with Crippen LogP contribution in [0.25, 0.3) is 0 Å². The van der Waals surface area contributed by atoms with E-state index in [0.717, 1.165) is 35.6 Å². The molecular weight excluding hydrogens is 342 g/mol. The van der Waals surface area contributed by atoms with Crippen molar-refractivity contribution in [3.05, 3.63) is 27.5 Å². The number of ether oxygens (including phenoxy) is 1. The van der Waals surface area contributed by atoms with E-state index in [4.69, 9.17) is 4.74 Å². The van der Waals surface area contributed by atoms with E-state index in [1.54, 1.807) is 0 Å². The molecule has 0 aliphatic carbocycles. The number of nitrogens with one attached hydrogen (secondary N) is 3. The maximum Gasteiger partial charge on any atom is 0.350 e. The number of methoxy groups -OCH3 is 1. The molecule has 0 bridgehead atoms. The molecule has 1 amide bonds. The fourth-order valence-electron chi connectivity index (χ4n) is 2.68. The molecule has 25 heavy (non-hydrogen) atoms. The lowest BCUT2D eigenvalue weighted by Crippen LogP contribution is -2.25. The zero-order valence-corrected chi connectivity index (χ0v) is 15.5. The van der Waals surface area contributed by atoms with Gasteiger partial charge in [-0.1, -0.05) is 32.1 Å². The van der Waals surface area contributed by atoms with Gasteiger partial charge in [-0.3, -0.25) is 15.2 Å². The number of aromatic amines is 1. The number of carbonyl (C=O) groups is 2. The Labute approximate surface area is 149 Å². The van der Waals surface area contributed by atoms with E-state index < -0.39 is 5.97 Å². The van der Waals surface area contributed by atoms with Crippen LogP contribution < -0.4 is 10.6 Å². The molecule has 0 spiro atoms. The number of rotatable bonds is 3. The Morgan fingerprint density at radius 1 is 1.32 bits per heavy atom. The lowest BCUT2D eigenvalue weighted by Gasteiger charge is -2.16. The second-order valence-electron chi connectivity index (χ2n) is 6.85. The third kappa shape index (κ3) is 3.42. The van der Waals surface area contributed by atoms with Gasteiger partial charge in [0, 0.05) is 36.2 Å². The zero-order valence-electron chi connectivity index (χ0n) is 14.6. The standard InChI is InChI=1S/C16H21N5O3S/c1-16(2,3)12-11(14(23)24-4)25-15(18-12)19-13(22)10-8-7-17-6-5-9(8)20-21-10/h17H,5-7H2,1-4H3,(H,20,21)(H,18,19,22). The lowest BCUT2D eigenvalue weighted by atomic mass is 9.91. The summed E-state index contributed by atoms with van der Waals surface area (Å²) in [5, 5.41) is 13.4. The molecular formula is C16H21N5O3S. The van der Waals surface area contributed by atoms with Gasteiger partial charge >= 0.3 is 5.97 Å². The number of amides is 1. The van der Waals surface area contributed by atoms with E-state index in [1.807, 2.05) is 20.8 Å². The molecule has 0 saturated carbocycles. The van der Waals surface area contributed by atoms with Crippen molar-refractivity contribution < 1.29 is 14.3 Å². The number of hydrogen-bond donors (Lipinski definition) is 3. The normalized spacial score (nSPS) is 14.1. The SMILES string of the molecule is COC(=O)c1sc(NC(=O)c2n[nH]c3c2CNCC3)nc1C(C)(C)C. The van der Waals surface area contributed by atoms with Crippen LogP contribution in [0.2, 0.25) is 0 Å². The minimum Gasteiger partial charge on any atom is -0.465 e. The first-order valence-electron chi connectivity index (χ1n) is 7.99. The molecule has 8 nitrogen and oxygen atoms in total. The molecule has 0 aromatic carbocycles. The Bertz CT molecular complexity index is 818. The molecule has 3 heterocycles. The summed E-state index contributed by atoms with van der Waals surface area (Å²) in [4.78, 5) is 29.4. The number of aromatic nitrogens is 3. The lowest BCUT2D eigenvalue weighted by molar-refractivity contribution is 0.0603. The average molecular weight is 363 g/mol. The van der Waals surface area contributed by atoms with Gasteiger partial charge in [0.25, 0.3) is 5.91 Å². The number of thiazole rings is 1. The summed E-state index contributed by atoms with van der Waals surface area (Å²) in [6.45, 7) is 7.33. The van der Waals surface area contributed by atoms with Gasteiger partial charge in [0.2, 0.25) is 0 Å². The van der Waals surface area contributed by atoms with Gasteiger partial charge in [-0.25, -0.2) is 9.78 Å². The first-order valence-corrected chi connectivity index (χ1v) is 8.80. The van der Waals surface area contributed by atoms with Crippen molar-refractivity contribution in [3.8, 4) is 0 Å². The first kappa shape index (κ1) is 17.6. The molecule has 2 aromatic rings. The van der Waals surface area contributed by atoms with Crippen molar-refractivity contribution >= 4 is 28.3 Å². The van der Waals surface area contributed by atoms with Gasteiger partial charge in [-0.05, 0) is 0 Å². The molecule has 0 unspecified atom stereocenters. The van der Waals surface area contributed by atoms with E-state index in [0.29, 0.717) is 27.9 Å². The Balaban J connectivity index is 1.88. The summed E-state index contributed by atoms with van der Waals surface area (Å²) in [6, 6.07) is 0. The largest absolute Gasteiger partial charge is 0.465 e. The van der Waals surface area contributed by atoms with Crippen LogP contribution in [0.1, 0.15) is 57.9 Å². The van der Waals surface area contributed by atoms with Crippen molar-refractivity contribution in [1.82, 2.24) is 20.5 Å². The number of esters is 1. The van der Waals surface area contributed by atoms with Crippen molar-refractivity contribution in [2.75, 3.05) is 19.0 Å². The average Bonchev–Trinajstić information content (AvgIpc) is 3.17. The highest BCUT2D eigenvalue weighted by atomic mass is 32.1. The van der Waals surface area contributed by atoms with Crippen LogP contribution in [-0.4, -0.2) is 40.7 Å². The van der Waals surface area contributed by atoms with Gasteiger partial charge in [-0.15, -0.1) is 0 Å². The van der Waals surface area contributed by atoms with E-state index in [-0.39, 0.29) is 11.3 Å². The van der Waals surface area contributed by atoms with Crippen LogP contribution >= 0.6 is 11.3 Å². The molecule has 2 aromatic heterocycles. The van der Waals surface area contributed by atoms with E-state index in [2.05, 4.69) is 25.8 Å². The molecule has 1 aliphatic rings. The third-order valence-electron chi connectivity index (χ3n) is 3.95. The van der Waals surface area contributed by atoms with Crippen LogP contribution in [0.4, 0.5) is 5.13 Å².